The monoisotopic (exact) mass is 609 g/mol. The number of fused-ring (bicyclic) bond motifs is 1. The van der Waals surface area contributed by atoms with Gasteiger partial charge in [0.15, 0.2) is 0 Å². The fourth-order valence-corrected chi connectivity index (χ4v) is 5.67. The maximum atomic E-state index is 12.7. The molecule has 224 valence electrons. The van der Waals surface area contributed by atoms with E-state index in [0.717, 1.165) is 54.3 Å². The number of carbonyl (C=O) groups excluding carboxylic acids is 3. The first-order chi connectivity index (χ1) is 20.6. The number of nitro benzene ring substituents is 2. The Balaban J connectivity index is 1.42. The zero-order chi connectivity index (χ0) is 31.1. The quantitative estimate of drug-likeness (QED) is 0.0810. The molecule has 2 amide bonds. The molecular weight excluding hydrogens is 582 g/mol. The number of carbonyl (C=O) groups is 3. The normalized spacial score (nSPS) is 12.8. The van der Waals surface area contributed by atoms with Gasteiger partial charge in [-0.25, -0.2) is 10.2 Å². The van der Waals surface area contributed by atoms with Crippen LogP contribution in [-0.4, -0.2) is 39.9 Å². The van der Waals surface area contributed by atoms with Crippen LogP contribution in [0.2, 0.25) is 0 Å². The number of hydrogen-bond donors (Lipinski definition) is 2. The number of esters is 1. The number of ether oxygens (including phenoxy) is 2. The summed E-state index contributed by atoms with van der Waals surface area (Å²) in [7, 11) is 0. The van der Waals surface area contributed by atoms with Gasteiger partial charge in [0, 0.05) is 10.9 Å². The summed E-state index contributed by atoms with van der Waals surface area (Å²) in [6.45, 7) is 3.46. The summed E-state index contributed by atoms with van der Waals surface area (Å²) < 4.78 is 10.8. The minimum Gasteiger partial charge on any atom is -0.462 e. The lowest BCUT2D eigenvalue weighted by atomic mass is 10.1. The first-order valence-electron chi connectivity index (χ1n) is 13.3. The van der Waals surface area contributed by atoms with E-state index in [0.29, 0.717) is 23.3 Å². The Hall–Kier alpha value is -5.18. The smallest absolute Gasteiger partial charge is 0.341 e. The molecule has 4 rings (SSSR count). The second-order valence-corrected chi connectivity index (χ2v) is 10.5. The molecule has 1 aliphatic rings. The van der Waals surface area contributed by atoms with E-state index < -0.39 is 39.0 Å². The predicted molar refractivity (Wildman–Crippen MR) is 157 cm³/mol. The molecule has 1 aromatic heterocycles. The minimum absolute atomic E-state index is 0.176. The molecule has 14 nitrogen and oxygen atoms in total. The molecule has 0 atom stereocenters. The number of aryl methyl sites for hydroxylation is 1. The van der Waals surface area contributed by atoms with Crippen molar-refractivity contribution in [1.82, 2.24) is 5.43 Å². The second-order valence-electron chi connectivity index (χ2n) is 9.37. The Morgan fingerprint density at radius 2 is 1.70 bits per heavy atom. The largest absolute Gasteiger partial charge is 0.462 e. The third kappa shape index (κ3) is 7.37. The lowest BCUT2D eigenvalue weighted by Crippen LogP contribution is -2.33. The number of nitrogens with one attached hydrogen (secondary N) is 2. The zero-order valence-corrected chi connectivity index (χ0v) is 24.0. The van der Waals surface area contributed by atoms with Crippen molar-refractivity contribution in [2.24, 2.45) is 5.10 Å². The molecule has 0 spiro atoms. The minimum atomic E-state index is -1.04. The molecular formula is C28H27N5O9S. The van der Waals surface area contributed by atoms with Crippen LogP contribution in [0.5, 0.6) is 11.5 Å². The van der Waals surface area contributed by atoms with Crippen LogP contribution in [0, 0.1) is 20.2 Å². The van der Waals surface area contributed by atoms with Crippen LogP contribution in [0.3, 0.4) is 0 Å². The molecule has 0 fully saturated rings. The first-order valence-corrected chi connectivity index (χ1v) is 14.1. The van der Waals surface area contributed by atoms with Crippen molar-refractivity contribution >= 4 is 51.2 Å². The molecule has 0 radical (unpaired) electrons. The zero-order valence-electron chi connectivity index (χ0n) is 23.2. The van der Waals surface area contributed by atoms with Gasteiger partial charge in [-0.05, 0) is 81.0 Å². The molecule has 1 aliphatic carbocycles. The van der Waals surface area contributed by atoms with Crippen LogP contribution in [0.1, 0.15) is 59.5 Å². The second kappa shape index (κ2) is 13.7. The maximum absolute atomic E-state index is 12.7. The number of nitrogens with zero attached hydrogens (tertiary/aromatic N) is 3. The van der Waals surface area contributed by atoms with E-state index in [2.05, 4.69) is 15.8 Å². The fraction of sp³-hybridized carbons (Fsp3) is 0.286. The highest BCUT2D eigenvalue weighted by Crippen LogP contribution is 2.38. The van der Waals surface area contributed by atoms with Crippen LogP contribution in [0.4, 0.5) is 16.4 Å². The van der Waals surface area contributed by atoms with Crippen molar-refractivity contribution < 1.29 is 33.7 Å². The third-order valence-corrected chi connectivity index (χ3v) is 7.72. The van der Waals surface area contributed by atoms with Crippen LogP contribution in [-0.2, 0) is 27.2 Å². The van der Waals surface area contributed by atoms with Crippen molar-refractivity contribution in [2.75, 3.05) is 11.9 Å². The van der Waals surface area contributed by atoms with E-state index in [9.17, 15) is 34.6 Å². The summed E-state index contributed by atoms with van der Waals surface area (Å²) >= 11 is 1.27. The van der Waals surface area contributed by atoms with Crippen LogP contribution >= 0.6 is 11.3 Å². The Bertz CT molecular complexity index is 1620. The molecule has 1 heterocycles. The van der Waals surface area contributed by atoms with Crippen LogP contribution in [0.15, 0.2) is 47.6 Å². The molecule has 0 saturated carbocycles. The van der Waals surface area contributed by atoms with E-state index >= 15 is 0 Å². The Morgan fingerprint density at radius 3 is 2.37 bits per heavy atom. The summed E-state index contributed by atoms with van der Waals surface area (Å²) in [4.78, 5) is 59.7. The number of rotatable bonds is 9. The number of nitro groups is 2. The van der Waals surface area contributed by atoms with Gasteiger partial charge in [0.25, 0.3) is 5.69 Å². The van der Waals surface area contributed by atoms with Crippen LogP contribution < -0.4 is 15.5 Å². The van der Waals surface area contributed by atoms with Gasteiger partial charge in [-0.1, -0.05) is 6.42 Å². The van der Waals surface area contributed by atoms with E-state index in [4.69, 9.17) is 9.47 Å². The van der Waals surface area contributed by atoms with E-state index in [1.807, 2.05) is 0 Å². The molecule has 15 heteroatoms. The Morgan fingerprint density at radius 1 is 0.977 bits per heavy atom. The topological polar surface area (TPSA) is 192 Å². The standard InChI is InChI=1S/C28H27N5O9S/c1-3-41-28(36)24-20-7-5-4-6-8-23(20)43-27(24)29-25(34)26(35)31-30-16(2)17-9-12-19(13-10-17)42-22-14-11-18(32(37)38)15-21(22)33(39)40/h9-15H,3-8H2,1-2H3,(H,29,34)(H,31,35). The number of hydrazone groups is 1. The molecule has 0 saturated heterocycles. The van der Waals surface area contributed by atoms with E-state index in [-0.39, 0.29) is 23.1 Å². The van der Waals surface area contributed by atoms with Gasteiger partial charge in [0.2, 0.25) is 5.75 Å². The van der Waals surface area contributed by atoms with Gasteiger partial charge in [0.1, 0.15) is 10.8 Å². The number of hydrogen-bond acceptors (Lipinski definition) is 11. The first kappa shape index (κ1) is 30.8. The van der Waals surface area contributed by atoms with Crippen molar-refractivity contribution in [3.05, 3.63) is 84.3 Å². The maximum Gasteiger partial charge on any atom is 0.341 e. The van der Waals surface area contributed by atoms with Crippen molar-refractivity contribution in [1.29, 1.82) is 0 Å². The number of anilines is 1. The molecule has 3 aromatic rings. The third-order valence-electron chi connectivity index (χ3n) is 6.51. The highest BCUT2D eigenvalue weighted by atomic mass is 32.1. The average Bonchev–Trinajstić information content (AvgIpc) is 3.15. The summed E-state index contributed by atoms with van der Waals surface area (Å²) in [5.74, 6) is -2.54. The molecule has 0 unspecified atom stereocenters. The lowest BCUT2D eigenvalue weighted by Gasteiger charge is -2.09. The lowest BCUT2D eigenvalue weighted by molar-refractivity contribution is -0.394. The molecule has 0 bridgehead atoms. The molecule has 2 aromatic carbocycles. The molecule has 2 N–H and O–H groups in total. The number of benzene rings is 2. The summed E-state index contributed by atoms with van der Waals surface area (Å²) in [5, 5.41) is 29.1. The van der Waals surface area contributed by atoms with Crippen molar-refractivity contribution in [2.45, 2.75) is 46.0 Å². The predicted octanol–water partition coefficient (Wildman–Crippen LogP) is 5.28. The number of thiophene rings is 1. The Kier molecular flexibility index (Phi) is 9.77. The Labute approximate surface area is 249 Å². The molecule has 43 heavy (non-hydrogen) atoms. The van der Waals surface area contributed by atoms with Crippen molar-refractivity contribution in [3.63, 3.8) is 0 Å². The van der Waals surface area contributed by atoms with Gasteiger partial charge in [-0.3, -0.25) is 29.8 Å². The van der Waals surface area contributed by atoms with Gasteiger partial charge in [0.05, 0.1) is 33.8 Å². The highest BCUT2D eigenvalue weighted by molar-refractivity contribution is 7.17. The fourth-order valence-electron chi connectivity index (χ4n) is 4.40. The van der Waals surface area contributed by atoms with Crippen molar-refractivity contribution in [3.8, 4) is 11.5 Å². The van der Waals surface area contributed by atoms with E-state index in [1.165, 1.54) is 23.5 Å². The highest BCUT2D eigenvalue weighted by Gasteiger charge is 2.28. The van der Waals surface area contributed by atoms with Gasteiger partial charge in [-0.2, -0.15) is 5.10 Å². The number of non-ortho nitro benzene ring substituents is 1. The van der Waals surface area contributed by atoms with Gasteiger partial charge < -0.3 is 14.8 Å². The van der Waals surface area contributed by atoms with Crippen LogP contribution in [0.25, 0.3) is 0 Å². The van der Waals surface area contributed by atoms with E-state index in [1.54, 1.807) is 26.0 Å². The summed E-state index contributed by atoms with van der Waals surface area (Å²) in [6, 6.07) is 9.17. The van der Waals surface area contributed by atoms with Gasteiger partial charge >= 0.3 is 23.5 Å². The summed E-state index contributed by atoms with van der Waals surface area (Å²) in [6.07, 6.45) is 4.42. The average molecular weight is 610 g/mol. The molecule has 0 aliphatic heterocycles. The SMILES string of the molecule is CCOC(=O)c1c(NC(=O)C(=O)NN=C(C)c2ccc(Oc3ccc([N+](=O)[O-])cc3[N+](=O)[O-])cc2)sc2c1CCCCC2. The summed E-state index contributed by atoms with van der Waals surface area (Å²) in [5.41, 5.74) is 3.23. The van der Waals surface area contributed by atoms with Gasteiger partial charge in [-0.15, -0.1) is 11.3 Å². The number of amides is 2.